The number of piperidine rings is 1. The van der Waals surface area contributed by atoms with Crippen molar-refractivity contribution in [3.05, 3.63) is 35.9 Å². The molecule has 1 aliphatic carbocycles. The number of nitrogens with zero attached hydrogens (tertiary/aromatic N) is 1. The summed E-state index contributed by atoms with van der Waals surface area (Å²) in [5.41, 5.74) is 1.25. The fraction of sp³-hybridized carbons (Fsp3) is 0.579. The number of rotatable bonds is 2. The van der Waals surface area contributed by atoms with E-state index in [1.54, 1.807) is 0 Å². The van der Waals surface area contributed by atoms with Gasteiger partial charge in [-0.1, -0.05) is 37.3 Å². The maximum Gasteiger partial charge on any atom is 0.407 e. The number of nitrogens with one attached hydrogen (secondary N) is 1. The van der Waals surface area contributed by atoms with Crippen molar-refractivity contribution in [3.8, 4) is 0 Å². The normalized spacial score (nSPS) is 31.3. The molecule has 5 nitrogen and oxygen atoms in total. The van der Waals surface area contributed by atoms with Crippen molar-refractivity contribution in [2.24, 2.45) is 5.92 Å². The molecule has 128 valence electrons. The Labute approximate surface area is 142 Å². The summed E-state index contributed by atoms with van der Waals surface area (Å²) >= 11 is 0. The number of benzene rings is 1. The van der Waals surface area contributed by atoms with Gasteiger partial charge in [-0.2, -0.15) is 0 Å². The first kappa shape index (κ1) is 15.5. The molecule has 3 aliphatic rings. The SMILES string of the molecule is CC1(c2ccccc2)CCN(C(=O)C2CC3(COC(=O)N3)C2)CC1. The second kappa shape index (κ2) is 5.50. The summed E-state index contributed by atoms with van der Waals surface area (Å²) in [5, 5.41) is 2.86. The van der Waals surface area contributed by atoms with E-state index in [2.05, 4.69) is 36.5 Å². The van der Waals surface area contributed by atoms with Crippen LogP contribution in [0.4, 0.5) is 4.79 Å². The van der Waals surface area contributed by atoms with Gasteiger partial charge >= 0.3 is 6.09 Å². The Hall–Kier alpha value is -2.04. The Balaban J connectivity index is 1.33. The van der Waals surface area contributed by atoms with Crippen LogP contribution in [-0.4, -0.2) is 42.1 Å². The van der Waals surface area contributed by atoms with Crippen LogP contribution in [0.25, 0.3) is 0 Å². The lowest BCUT2D eigenvalue weighted by atomic mass is 9.68. The van der Waals surface area contributed by atoms with E-state index in [1.807, 2.05) is 11.0 Å². The van der Waals surface area contributed by atoms with Crippen LogP contribution in [0.1, 0.15) is 38.2 Å². The summed E-state index contributed by atoms with van der Waals surface area (Å²) in [4.78, 5) is 25.9. The number of carbonyl (C=O) groups excluding carboxylic acids is 2. The molecule has 1 N–H and O–H groups in total. The Morgan fingerprint density at radius 2 is 1.88 bits per heavy atom. The minimum atomic E-state index is -0.350. The summed E-state index contributed by atoms with van der Waals surface area (Å²) in [6, 6.07) is 10.6. The van der Waals surface area contributed by atoms with E-state index in [9.17, 15) is 9.59 Å². The van der Waals surface area contributed by atoms with Gasteiger partial charge in [0, 0.05) is 19.0 Å². The van der Waals surface area contributed by atoms with Crippen LogP contribution >= 0.6 is 0 Å². The lowest BCUT2D eigenvalue weighted by molar-refractivity contribution is -0.142. The third-order valence-electron chi connectivity index (χ3n) is 6.12. The second-order valence-corrected chi connectivity index (χ2v) is 7.84. The maximum absolute atomic E-state index is 12.7. The number of hydrogen-bond acceptors (Lipinski definition) is 3. The Kier molecular flexibility index (Phi) is 3.55. The molecule has 4 rings (SSSR count). The zero-order valence-electron chi connectivity index (χ0n) is 14.1. The molecule has 1 spiro atoms. The first-order valence-corrected chi connectivity index (χ1v) is 8.79. The molecular formula is C19H24N2O3. The van der Waals surface area contributed by atoms with Gasteiger partial charge in [-0.25, -0.2) is 4.79 Å². The third kappa shape index (κ3) is 2.56. The molecule has 1 aromatic carbocycles. The average Bonchev–Trinajstić information content (AvgIpc) is 2.97. The van der Waals surface area contributed by atoms with Gasteiger partial charge in [-0.15, -0.1) is 0 Å². The molecule has 0 radical (unpaired) electrons. The van der Waals surface area contributed by atoms with Gasteiger partial charge in [0.2, 0.25) is 5.91 Å². The van der Waals surface area contributed by atoms with Gasteiger partial charge in [0.05, 0.1) is 5.54 Å². The highest BCUT2D eigenvalue weighted by atomic mass is 16.6. The monoisotopic (exact) mass is 328 g/mol. The van der Waals surface area contributed by atoms with Crippen LogP contribution in [0, 0.1) is 5.92 Å². The van der Waals surface area contributed by atoms with Crippen molar-refractivity contribution in [3.63, 3.8) is 0 Å². The van der Waals surface area contributed by atoms with Crippen LogP contribution in [0.2, 0.25) is 0 Å². The summed E-state index contributed by atoms with van der Waals surface area (Å²) in [6.45, 7) is 4.34. The van der Waals surface area contributed by atoms with Gasteiger partial charge < -0.3 is 15.0 Å². The van der Waals surface area contributed by atoms with E-state index in [1.165, 1.54) is 5.56 Å². The molecule has 2 heterocycles. The summed E-state index contributed by atoms with van der Waals surface area (Å²) in [7, 11) is 0. The van der Waals surface area contributed by atoms with Crippen LogP contribution in [0.5, 0.6) is 0 Å². The number of cyclic esters (lactones) is 1. The summed E-state index contributed by atoms with van der Waals surface area (Å²) in [5.74, 6) is 0.282. The van der Waals surface area contributed by atoms with Crippen molar-refractivity contribution in [2.45, 2.75) is 43.6 Å². The largest absolute Gasteiger partial charge is 0.447 e. The fourth-order valence-corrected chi connectivity index (χ4v) is 4.38. The molecule has 0 bridgehead atoms. The molecule has 3 fully saturated rings. The highest BCUT2D eigenvalue weighted by molar-refractivity contribution is 5.81. The van der Waals surface area contributed by atoms with Crippen molar-refractivity contribution in [1.29, 1.82) is 0 Å². The third-order valence-corrected chi connectivity index (χ3v) is 6.12. The summed E-state index contributed by atoms with van der Waals surface area (Å²) < 4.78 is 4.99. The van der Waals surface area contributed by atoms with Gasteiger partial charge in [0.1, 0.15) is 6.61 Å². The predicted octanol–water partition coefficient (Wildman–Crippen LogP) is 2.46. The number of ether oxygens (including phenoxy) is 1. The highest BCUT2D eigenvalue weighted by Gasteiger charge is 2.53. The smallest absolute Gasteiger partial charge is 0.407 e. The Morgan fingerprint density at radius 3 is 2.46 bits per heavy atom. The lowest BCUT2D eigenvalue weighted by Crippen LogP contribution is -2.59. The quantitative estimate of drug-likeness (QED) is 0.907. The van der Waals surface area contributed by atoms with Crippen molar-refractivity contribution >= 4 is 12.0 Å². The molecule has 2 amide bonds. The van der Waals surface area contributed by atoms with Crippen LogP contribution in [-0.2, 0) is 14.9 Å². The molecule has 2 saturated heterocycles. The van der Waals surface area contributed by atoms with E-state index in [4.69, 9.17) is 4.74 Å². The van der Waals surface area contributed by atoms with E-state index < -0.39 is 0 Å². The number of amides is 2. The van der Waals surface area contributed by atoms with Gasteiger partial charge in [-0.05, 0) is 36.7 Å². The van der Waals surface area contributed by atoms with E-state index in [0.29, 0.717) is 19.4 Å². The second-order valence-electron chi connectivity index (χ2n) is 7.84. The van der Waals surface area contributed by atoms with Gasteiger partial charge in [0.15, 0.2) is 0 Å². The zero-order chi connectivity index (χ0) is 16.8. The van der Waals surface area contributed by atoms with Crippen LogP contribution < -0.4 is 5.32 Å². The molecule has 1 aromatic rings. The number of hydrogen-bond donors (Lipinski definition) is 1. The van der Waals surface area contributed by atoms with Crippen LogP contribution in [0.15, 0.2) is 30.3 Å². The average molecular weight is 328 g/mol. The first-order chi connectivity index (χ1) is 11.5. The number of carbonyl (C=O) groups is 2. The summed E-state index contributed by atoms with van der Waals surface area (Å²) in [6.07, 6.45) is 3.08. The molecule has 5 heteroatoms. The number of alkyl carbamates (subject to hydrolysis) is 1. The lowest BCUT2D eigenvalue weighted by Gasteiger charge is -2.46. The molecule has 24 heavy (non-hydrogen) atoms. The van der Waals surface area contributed by atoms with E-state index in [0.717, 1.165) is 25.9 Å². The molecule has 0 unspecified atom stereocenters. The fourth-order valence-electron chi connectivity index (χ4n) is 4.38. The van der Waals surface area contributed by atoms with Crippen molar-refractivity contribution < 1.29 is 14.3 Å². The standard InChI is InChI=1S/C19H24N2O3/c1-18(15-5-3-2-4-6-15)7-9-21(10-8-18)16(22)14-11-19(12-14)13-24-17(23)20-19/h2-6,14H,7-13H2,1H3,(H,20,23). The molecule has 2 aliphatic heterocycles. The first-order valence-electron chi connectivity index (χ1n) is 8.79. The van der Waals surface area contributed by atoms with Gasteiger partial charge in [-0.3, -0.25) is 4.79 Å². The predicted molar refractivity (Wildman–Crippen MR) is 89.5 cm³/mol. The minimum absolute atomic E-state index is 0.0353. The Bertz CT molecular complexity index is 644. The highest BCUT2D eigenvalue weighted by Crippen LogP contribution is 2.42. The number of likely N-dealkylation sites (tertiary alicyclic amines) is 1. The Morgan fingerprint density at radius 1 is 1.21 bits per heavy atom. The zero-order valence-corrected chi connectivity index (χ0v) is 14.1. The molecule has 0 atom stereocenters. The minimum Gasteiger partial charge on any atom is -0.447 e. The molecular weight excluding hydrogens is 304 g/mol. The van der Waals surface area contributed by atoms with E-state index >= 15 is 0 Å². The van der Waals surface area contributed by atoms with Gasteiger partial charge in [0.25, 0.3) is 0 Å². The topological polar surface area (TPSA) is 58.6 Å². The molecule has 0 aromatic heterocycles. The molecule has 1 saturated carbocycles. The van der Waals surface area contributed by atoms with Crippen molar-refractivity contribution in [1.82, 2.24) is 10.2 Å². The van der Waals surface area contributed by atoms with E-state index in [-0.39, 0.29) is 28.9 Å². The van der Waals surface area contributed by atoms with Crippen LogP contribution in [0.3, 0.4) is 0 Å². The van der Waals surface area contributed by atoms with Crippen molar-refractivity contribution in [2.75, 3.05) is 19.7 Å². The maximum atomic E-state index is 12.7.